The van der Waals surface area contributed by atoms with Crippen molar-refractivity contribution in [3.05, 3.63) is 35.9 Å². The first-order valence-corrected chi connectivity index (χ1v) is 6.59. The minimum atomic E-state index is -0.858. The molecule has 21 heavy (non-hydrogen) atoms. The summed E-state index contributed by atoms with van der Waals surface area (Å²) in [5, 5.41) is 2.42. The van der Waals surface area contributed by atoms with Crippen molar-refractivity contribution in [2.24, 2.45) is 11.7 Å². The molecule has 7 nitrogen and oxygen atoms in total. The molecule has 0 heterocycles. The zero-order valence-electron chi connectivity index (χ0n) is 12.1. The summed E-state index contributed by atoms with van der Waals surface area (Å²) < 4.78 is 0. The van der Waals surface area contributed by atoms with Gasteiger partial charge in [0.25, 0.3) is 0 Å². The van der Waals surface area contributed by atoms with Crippen molar-refractivity contribution in [3.8, 4) is 0 Å². The average molecular weight is 292 g/mol. The summed E-state index contributed by atoms with van der Waals surface area (Å²) in [6.07, 6.45) is 0.279. The van der Waals surface area contributed by atoms with E-state index in [4.69, 9.17) is 5.73 Å². The van der Waals surface area contributed by atoms with Crippen molar-refractivity contribution in [2.75, 3.05) is 0 Å². The number of nitrogens with one attached hydrogen (secondary N) is 3. The zero-order valence-corrected chi connectivity index (χ0v) is 12.1. The van der Waals surface area contributed by atoms with Crippen LogP contribution in [0.25, 0.3) is 0 Å². The molecule has 0 bridgehead atoms. The minimum Gasteiger partial charge on any atom is -0.368 e. The number of hydrazine groups is 1. The SMILES string of the molecule is CC(C)C(=O)NNC(=O)N[C@@H](Cc1ccccc1)C(N)=O. The highest BCUT2D eigenvalue weighted by Gasteiger charge is 2.19. The molecule has 0 aliphatic carbocycles. The van der Waals surface area contributed by atoms with Crippen LogP contribution in [-0.2, 0) is 16.0 Å². The van der Waals surface area contributed by atoms with Gasteiger partial charge in [-0.1, -0.05) is 44.2 Å². The van der Waals surface area contributed by atoms with Gasteiger partial charge in [0.1, 0.15) is 6.04 Å². The van der Waals surface area contributed by atoms with E-state index in [0.717, 1.165) is 5.56 Å². The highest BCUT2D eigenvalue weighted by molar-refractivity contribution is 5.87. The van der Waals surface area contributed by atoms with Gasteiger partial charge in [-0.15, -0.1) is 0 Å². The summed E-state index contributed by atoms with van der Waals surface area (Å²) in [5.41, 5.74) is 10.6. The number of benzene rings is 1. The van der Waals surface area contributed by atoms with Crippen LogP contribution < -0.4 is 21.9 Å². The van der Waals surface area contributed by atoms with Gasteiger partial charge in [-0.3, -0.25) is 15.0 Å². The van der Waals surface area contributed by atoms with Crippen molar-refractivity contribution < 1.29 is 14.4 Å². The molecule has 0 radical (unpaired) electrons. The van der Waals surface area contributed by atoms with Gasteiger partial charge in [0, 0.05) is 12.3 Å². The van der Waals surface area contributed by atoms with Crippen molar-refractivity contribution in [2.45, 2.75) is 26.3 Å². The third kappa shape index (κ3) is 5.94. The second-order valence-corrected chi connectivity index (χ2v) is 4.89. The second-order valence-electron chi connectivity index (χ2n) is 4.89. The van der Waals surface area contributed by atoms with Crippen LogP contribution in [-0.4, -0.2) is 23.9 Å². The fourth-order valence-electron chi connectivity index (χ4n) is 1.53. The summed E-state index contributed by atoms with van der Waals surface area (Å²) in [4.78, 5) is 34.3. The number of nitrogens with two attached hydrogens (primary N) is 1. The summed E-state index contributed by atoms with van der Waals surface area (Å²) >= 11 is 0. The molecule has 114 valence electrons. The molecule has 0 aromatic heterocycles. The molecule has 1 aromatic carbocycles. The molecule has 0 saturated carbocycles. The summed E-state index contributed by atoms with van der Waals surface area (Å²) in [6, 6.07) is 7.62. The Morgan fingerprint density at radius 1 is 1.10 bits per heavy atom. The highest BCUT2D eigenvalue weighted by Crippen LogP contribution is 2.02. The maximum absolute atomic E-state index is 11.6. The van der Waals surface area contributed by atoms with Crippen LogP contribution in [0.5, 0.6) is 0 Å². The van der Waals surface area contributed by atoms with Crippen LogP contribution in [0.2, 0.25) is 0 Å². The Balaban J connectivity index is 2.53. The summed E-state index contributed by atoms with van der Waals surface area (Å²) in [7, 11) is 0. The largest absolute Gasteiger partial charge is 0.368 e. The lowest BCUT2D eigenvalue weighted by Gasteiger charge is -2.16. The predicted molar refractivity (Wildman–Crippen MR) is 77.8 cm³/mol. The number of primary amides is 1. The number of carbonyl (C=O) groups excluding carboxylic acids is 3. The molecule has 0 fully saturated rings. The van der Waals surface area contributed by atoms with Crippen LogP contribution in [0.4, 0.5) is 4.79 Å². The first-order chi connectivity index (χ1) is 9.90. The van der Waals surface area contributed by atoms with Gasteiger partial charge >= 0.3 is 6.03 Å². The van der Waals surface area contributed by atoms with E-state index in [9.17, 15) is 14.4 Å². The third-order valence-electron chi connectivity index (χ3n) is 2.76. The fourth-order valence-corrected chi connectivity index (χ4v) is 1.53. The van der Waals surface area contributed by atoms with Crippen molar-refractivity contribution in [3.63, 3.8) is 0 Å². The smallest absolute Gasteiger partial charge is 0.334 e. The topological polar surface area (TPSA) is 113 Å². The Labute approximate surface area is 123 Å². The van der Waals surface area contributed by atoms with Gasteiger partial charge in [-0.2, -0.15) is 0 Å². The lowest BCUT2D eigenvalue weighted by Crippen LogP contribution is -2.54. The lowest BCUT2D eigenvalue weighted by atomic mass is 10.1. The number of amides is 4. The van der Waals surface area contributed by atoms with Gasteiger partial charge in [0.05, 0.1) is 0 Å². The van der Waals surface area contributed by atoms with Gasteiger partial charge in [0.15, 0.2) is 0 Å². The lowest BCUT2D eigenvalue weighted by molar-refractivity contribution is -0.124. The number of carbonyl (C=O) groups is 3. The van der Waals surface area contributed by atoms with E-state index >= 15 is 0 Å². The Kier molecular flexibility index (Phi) is 6.19. The van der Waals surface area contributed by atoms with Gasteiger partial charge in [0.2, 0.25) is 11.8 Å². The molecule has 0 aliphatic rings. The maximum atomic E-state index is 11.6. The molecule has 1 rings (SSSR count). The highest BCUT2D eigenvalue weighted by atomic mass is 16.2. The van der Waals surface area contributed by atoms with Crippen LogP contribution in [0.15, 0.2) is 30.3 Å². The van der Waals surface area contributed by atoms with E-state index in [1.54, 1.807) is 13.8 Å². The van der Waals surface area contributed by atoms with Gasteiger partial charge < -0.3 is 11.1 Å². The van der Waals surface area contributed by atoms with E-state index < -0.39 is 18.0 Å². The van der Waals surface area contributed by atoms with E-state index in [1.165, 1.54) is 0 Å². The van der Waals surface area contributed by atoms with E-state index in [0.29, 0.717) is 0 Å². The molecular formula is C14H20N4O3. The van der Waals surface area contributed by atoms with E-state index in [-0.39, 0.29) is 18.2 Å². The molecule has 0 aliphatic heterocycles. The first-order valence-electron chi connectivity index (χ1n) is 6.59. The number of urea groups is 1. The van der Waals surface area contributed by atoms with Crippen molar-refractivity contribution in [1.82, 2.24) is 16.2 Å². The fraction of sp³-hybridized carbons (Fsp3) is 0.357. The molecular weight excluding hydrogens is 272 g/mol. The van der Waals surface area contributed by atoms with Crippen molar-refractivity contribution in [1.29, 1.82) is 0 Å². The monoisotopic (exact) mass is 292 g/mol. The summed E-state index contributed by atoms with van der Waals surface area (Å²) in [6.45, 7) is 3.38. The first kappa shape index (κ1) is 16.5. The van der Waals surface area contributed by atoms with Crippen LogP contribution >= 0.6 is 0 Å². The maximum Gasteiger partial charge on any atom is 0.334 e. The molecule has 7 heteroatoms. The Morgan fingerprint density at radius 3 is 2.24 bits per heavy atom. The molecule has 1 atom stereocenters. The molecule has 0 saturated heterocycles. The molecule has 0 unspecified atom stereocenters. The Morgan fingerprint density at radius 2 is 1.71 bits per heavy atom. The van der Waals surface area contributed by atoms with Gasteiger partial charge in [-0.05, 0) is 5.56 Å². The van der Waals surface area contributed by atoms with E-state index in [1.807, 2.05) is 30.3 Å². The zero-order chi connectivity index (χ0) is 15.8. The standard InChI is InChI=1S/C14H20N4O3/c1-9(2)13(20)17-18-14(21)16-11(12(15)19)8-10-6-4-3-5-7-10/h3-7,9,11H,8H2,1-2H3,(H2,15,19)(H,17,20)(H2,16,18,21)/t11-/m0/s1. The van der Waals surface area contributed by atoms with Crippen LogP contribution in [0, 0.1) is 5.92 Å². The molecule has 0 spiro atoms. The van der Waals surface area contributed by atoms with Crippen LogP contribution in [0.3, 0.4) is 0 Å². The van der Waals surface area contributed by atoms with Gasteiger partial charge in [-0.25, -0.2) is 10.2 Å². The van der Waals surface area contributed by atoms with E-state index in [2.05, 4.69) is 16.2 Å². The second kappa shape index (κ2) is 7.88. The number of hydrogen-bond acceptors (Lipinski definition) is 3. The molecule has 1 aromatic rings. The van der Waals surface area contributed by atoms with Crippen molar-refractivity contribution >= 4 is 17.8 Å². The Bertz CT molecular complexity index is 502. The summed E-state index contributed by atoms with van der Waals surface area (Å²) in [5.74, 6) is -1.24. The average Bonchev–Trinajstić information content (AvgIpc) is 2.44. The quantitative estimate of drug-likeness (QED) is 0.576. The predicted octanol–water partition coefficient (Wildman–Crippen LogP) is 0.0694. The Hall–Kier alpha value is -2.57. The molecule has 5 N–H and O–H groups in total. The number of hydrogen-bond donors (Lipinski definition) is 4. The number of rotatable bonds is 5. The van der Waals surface area contributed by atoms with Crippen LogP contribution in [0.1, 0.15) is 19.4 Å². The third-order valence-corrected chi connectivity index (χ3v) is 2.76. The minimum absolute atomic E-state index is 0.262. The normalized spacial score (nSPS) is 11.6. The molecule has 4 amide bonds.